The molecule has 0 fully saturated rings. The SMILES string of the molecule is CCNCc1ccc(-c2cccc(Cl)c2Cl)c(C)c1. The zero-order valence-corrected chi connectivity index (χ0v) is 12.6. The van der Waals surface area contributed by atoms with Gasteiger partial charge in [-0.05, 0) is 36.2 Å². The van der Waals surface area contributed by atoms with Crippen LogP contribution in [0.3, 0.4) is 0 Å². The van der Waals surface area contributed by atoms with Crippen LogP contribution < -0.4 is 5.32 Å². The summed E-state index contributed by atoms with van der Waals surface area (Å²) < 4.78 is 0. The summed E-state index contributed by atoms with van der Waals surface area (Å²) in [7, 11) is 0. The molecule has 0 unspecified atom stereocenters. The first-order chi connectivity index (χ1) is 9.13. The molecule has 2 rings (SSSR count). The van der Waals surface area contributed by atoms with E-state index in [0.717, 1.165) is 24.2 Å². The lowest BCUT2D eigenvalue weighted by molar-refractivity contribution is 0.726. The van der Waals surface area contributed by atoms with Crippen molar-refractivity contribution in [3.63, 3.8) is 0 Å². The molecule has 1 nitrogen and oxygen atoms in total. The van der Waals surface area contributed by atoms with E-state index in [1.807, 2.05) is 18.2 Å². The van der Waals surface area contributed by atoms with Gasteiger partial charge < -0.3 is 5.32 Å². The summed E-state index contributed by atoms with van der Waals surface area (Å²) >= 11 is 12.4. The average molecular weight is 294 g/mol. The molecule has 2 aromatic rings. The molecule has 0 aliphatic rings. The number of halogens is 2. The summed E-state index contributed by atoms with van der Waals surface area (Å²) in [5.74, 6) is 0. The fourth-order valence-electron chi connectivity index (χ4n) is 2.12. The minimum absolute atomic E-state index is 0.593. The summed E-state index contributed by atoms with van der Waals surface area (Å²) in [6.45, 7) is 6.07. The van der Waals surface area contributed by atoms with E-state index in [4.69, 9.17) is 23.2 Å². The largest absolute Gasteiger partial charge is 0.313 e. The number of hydrogen-bond donors (Lipinski definition) is 1. The topological polar surface area (TPSA) is 12.0 Å². The number of benzene rings is 2. The number of aryl methyl sites for hydroxylation is 1. The fourth-order valence-corrected chi connectivity index (χ4v) is 2.52. The standard InChI is InChI=1S/C16H17Cl2N/c1-3-19-10-12-7-8-13(11(2)9-12)14-5-4-6-15(17)16(14)18/h4-9,19H,3,10H2,1-2H3. The van der Waals surface area contributed by atoms with Crippen LogP contribution >= 0.6 is 23.2 Å². The number of nitrogens with one attached hydrogen (secondary N) is 1. The van der Waals surface area contributed by atoms with Crippen LogP contribution in [-0.4, -0.2) is 6.54 Å². The number of hydrogen-bond acceptors (Lipinski definition) is 1. The summed E-state index contributed by atoms with van der Waals surface area (Å²) in [5.41, 5.74) is 4.61. The smallest absolute Gasteiger partial charge is 0.0670 e. The van der Waals surface area contributed by atoms with Crippen LogP contribution in [0.2, 0.25) is 10.0 Å². The Hall–Kier alpha value is -1.02. The van der Waals surface area contributed by atoms with Crippen molar-refractivity contribution in [1.82, 2.24) is 5.32 Å². The lowest BCUT2D eigenvalue weighted by atomic mass is 9.98. The molecule has 0 aromatic heterocycles. The van der Waals surface area contributed by atoms with Gasteiger partial charge in [-0.2, -0.15) is 0 Å². The molecule has 0 spiro atoms. The molecule has 0 heterocycles. The van der Waals surface area contributed by atoms with Crippen molar-refractivity contribution in [3.05, 3.63) is 57.6 Å². The normalized spacial score (nSPS) is 10.7. The maximum absolute atomic E-state index is 6.28. The lowest BCUT2D eigenvalue weighted by Crippen LogP contribution is -2.11. The Labute approximate surface area is 124 Å². The van der Waals surface area contributed by atoms with E-state index in [9.17, 15) is 0 Å². The van der Waals surface area contributed by atoms with Crippen LogP contribution in [-0.2, 0) is 6.54 Å². The lowest BCUT2D eigenvalue weighted by Gasteiger charge is -2.11. The van der Waals surface area contributed by atoms with Crippen LogP contribution in [0.25, 0.3) is 11.1 Å². The molecular formula is C16H17Cl2N. The zero-order valence-electron chi connectivity index (χ0n) is 11.1. The van der Waals surface area contributed by atoms with Crippen LogP contribution in [0.4, 0.5) is 0 Å². The van der Waals surface area contributed by atoms with Gasteiger partial charge in [0, 0.05) is 12.1 Å². The van der Waals surface area contributed by atoms with Gasteiger partial charge in [0.05, 0.1) is 10.0 Å². The Kier molecular flexibility index (Phi) is 4.87. The molecule has 0 aliphatic heterocycles. The van der Waals surface area contributed by atoms with Crippen LogP contribution in [0.5, 0.6) is 0 Å². The van der Waals surface area contributed by atoms with E-state index in [2.05, 4.69) is 37.4 Å². The summed E-state index contributed by atoms with van der Waals surface area (Å²) in [6.07, 6.45) is 0. The van der Waals surface area contributed by atoms with Crippen molar-refractivity contribution in [3.8, 4) is 11.1 Å². The Morgan fingerprint density at radius 2 is 1.84 bits per heavy atom. The van der Waals surface area contributed by atoms with E-state index in [0.29, 0.717) is 10.0 Å². The third-order valence-corrected chi connectivity index (χ3v) is 3.93. The van der Waals surface area contributed by atoms with Gasteiger partial charge in [-0.15, -0.1) is 0 Å². The Bertz CT molecular complexity index is 579. The molecule has 1 N–H and O–H groups in total. The summed E-state index contributed by atoms with van der Waals surface area (Å²) in [6, 6.07) is 12.2. The van der Waals surface area contributed by atoms with Gasteiger partial charge in [-0.3, -0.25) is 0 Å². The maximum atomic E-state index is 6.28. The molecule has 0 bridgehead atoms. The molecule has 0 saturated carbocycles. The van der Waals surface area contributed by atoms with Crippen LogP contribution in [0.15, 0.2) is 36.4 Å². The predicted molar refractivity (Wildman–Crippen MR) is 84.0 cm³/mol. The van der Waals surface area contributed by atoms with Gasteiger partial charge in [-0.1, -0.05) is 60.5 Å². The Balaban J connectivity index is 2.38. The van der Waals surface area contributed by atoms with Crippen LogP contribution in [0, 0.1) is 6.92 Å². The first-order valence-electron chi connectivity index (χ1n) is 6.38. The van der Waals surface area contributed by atoms with E-state index in [-0.39, 0.29) is 0 Å². The minimum atomic E-state index is 0.593. The predicted octanol–water partition coefficient (Wildman–Crippen LogP) is 5.08. The molecule has 0 aliphatic carbocycles. The fraction of sp³-hybridized carbons (Fsp3) is 0.250. The highest BCUT2D eigenvalue weighted by molar-refractivity contribution is 6.43. The quantitative estimate of drug-likeness (QED) is 0.829. The first kappa shape index (κ1) is 14.4. The van der Waals surface area contributed by atoms with Gasteiger partial charge in [0.1, 0.15) is 0 Å². The average Bonchev–Trinajstić information content (AvgIpc) is 2.40. The van der Waals surface area contributed by atoms with Crippen molar-refractivity contribution in [2.45, 2.75) is 20.4 Å². The van der Waals surface area contributed by atoms with E-state index in [1.165, 1.54) is 11.1 Å². The monoisotopic (exact) mass is 293 g/mol. The Morgan fingerprint density at radius 1 is 1.05 bits per heavy atom. The van der Waals surface area contributed by atoms with Crippen molar-refractivity contribution in [2.75, 3.05) is 6.54 Å². The Morgan fingerprint density at radius 3 is 2.53 bits per heavy atom. The molecule has 0 amide bonds. The van der Waals surface area contributed by atoms with Gasteiger partial charge in [0.15, 0.2) is 0 Å². The van der Waals surface area contributed by atoms with Crippen LogP contribution in [0.1, 0.15) is 18.1 Å². The van der Waals surface area contributed by atoms with Gasteiger partial charge in [0.2, 0.25) is 0 Å². The third-order valence-electron chi connectivity index (χ3n) is 3.11. The van der Waals surface area contributed by atoms with E-state index >= 15 is 0 Å². The van der Waals surface area contributed by atoms with Crippen molar-refractivity contribution < 1.29 is 0 Å². The molecular weight excluding hydrogens is 277 g/mol. The second-order valence-corrected chi connectivity index (χ2v) is 5.32. The van der Waals surface area contributed by atoms with Crippen molar-refractivity contribution in [1.29, 1.82) is 0 Å². The van der Waals surface area contributed by atoms with E-state index in [1.54, 1.807) is 0 Å². The molecule has 100 valence electrons. The molecule has 0 saturated heterocycles. The van der Waals surface area contributed by atoms with Gasteiger partial charge in [-0.25, -0.2) is 0 Å². The highest BCUT2D eigenvalue weighted by Crippen LogP contribution is 2.35. The van der Waals surface area contributed by atoms with E-state index < -0.39 is 0 Å². The molecule has 0 radical (unpaired) electrons. The summed E-state index contributed by atoms with van der Waals surface area (Å²) in [5, 5.41) is 4.53. The summed E-state index contributed by atoms with van der Waals surface area (Å²) in [4.78, 5) is 0. The second kappa shape index (κ2) is 6.42. The van der Waals surface area contributed by atoms with Gasteiger partial charge in [0.25, 0.3) is 0 Å². The second-order valence-electron chi connectivity index (χ2n) is 4.53. The number of rotatable bonds is 4. The van der Waals surface area contributed by atoms with Crippen molar-refractivity contribution in [2.24, 2.45) is 0 Å². The van der Waals surface area contributed by atoms with Crippen molar-refractivity contribution >= 4 is 23.2 Å². The maximum Gasteiger partial charge on any atom is 0.0670 e. The molecule has 3 heteroatoms. The highest BCUT2D eigenvalue weighted by Gasteiger charge is 2.09. The first-order valence-corrected chi connectivity index (χ1v) is 7.13. The van der Waals surface area contributed by atoms with Gasteiger partial charge >= 0.3 is 0 Å². The minimum Gasteiger partial charge on any atom is -0.313 e. The third kappa shape index (κ3) is 3.30. The highest BCUT2D eigenvalue weighted by atomic mass is 35.5. The zero-order chi connectivity index (χ0) is 13.8. The molecule has 2 aromatic carbocycles. The molecule has 19 heavy (non-hydrogen) atoms. The molecule has 0 atom stereocenters.